The molecule has 1 rings (SSSR count). The average Bonchev–Trinajstić information content (AvgIpc) is 2.14. The Kier molecular flexibility index (Phi) is 4.27. The van der Waals surface area contributed by atoms with Gasteiger partial charge in [0.1, 0.15) is 0 Å². The number of rotatable bonds is 4. The van der Waals surface area contributed by atoms with Crippen molar-refractivity contribution in [2.45, 2.75) is 27.3 Å². The number of benzene rings is 1. The second-order valence-corrected chi connectivity index (χ2v) is 4.24. The molecular weight excluding hydrogens is 186 g/mol. The molecular formula is C12H21N3. The summed E-state index contributed by atoms with van der Waals surface area (Å²) in [5.41, 5.74) is 8.09. The van der Waals surface area contributed by atoms with E-state index in [1.807, 2.05) is 0 Å². The van der Waals surface area contributed by atoms with Gasteiger partial charge >= 0.3 is 0 Å². The lowest BCUT2D eigenvalue weighted by Crippen LogP contribution is -2.35. The lowest BCUT2D eigenvalue weighted by atomic mass is 10.0. The molecule has 3 N–H and O–H groups in total. The van der Waals surface area contributed by atoms with Gasteiger partial charge in [0.05, 0.1) is 6.67 Å². The van der Waals surface area contributed by atoms with Gasteiger partial charge in [-0.1, -0.05) is 12.1 Å². The second-order valence-electron chi connectivity index (χ2n) is 4.24. The number of nitrogens with two attached hydrogens (primary N) is 1. The molecule has 0 amide bonds. The summed E-state index contributed by atoms with van der Waals surface area (Å²) in [5.74, 6) is 5.28. The Labute approximate surface area is 92.2 Å². The normalized spacial score (nSPS) is 11.1. The molecule has 0 spiro atoms. The van der Waals surface area contributed by atoms with E-state index < -0.39 is 0 Å². The molecule has 0 atom stereocenters. The van der Waals surface area contributed by atoms with Crippen molar-refractivity contribution in [1.29, 1.82) is 0 Å². The van der Waals surface area contributed by atoms with Crippen molar-refractivity contribution in [3.8, 4) is 0 Å². The third-order valence-corrected chi connectivity index (χ3v) is 2.75. The molecule has 0 bridgehead atoms. The Bertz CT molecular complexity index is 334. The Morgan fingerprint density at radius 3 is 2.33 bits per heavy atom. The Morgan fingerprint density at radius 2 is 1.73 bits per heavy atom. The number of aryl methyl sites for hydroxylation is 3. The predicted molar refractivity (Wildman–Crippen MR) is 64.3 cm³/mol. The molecule has 0 aliphatic heterocycles. The van der Waals surface area contributed by atoms with E-state index in [2.05, 4.69) is 50.3 Å². The van der Waals surface area contributed by atoms with Crippen LogP contribution in [-0.4, -0.2) is 18.6 Å². The van der Waals surface area contributed by atoms with Crippen LogP contribution in [0.1, 0.15) is 22.3 Å². The van der Waals surface area contributed by atoms with Crippen LogP contribution in [0.15, 0.2) is 12.1 Å². The van der Waals surface area contributed by atoms with Crippen molar-refractivity contribution < 1.29 is 0 Å². The van der Waals surface area contributed by atoms with E-state index in [4.69, 9.17) is 5.84 Å². The topological polar surface area (TPSA) is 41.3 Å². The van der Waals surface area contributed by atoms with Crippen LogP contribution >= 0.6 is 0 Å². The first-order chi connectivity index (χ1) is 7.04. The van der Waals surface area contributed by atoms with Crippen molar-refractivity contribution in [2.24, 2.45) is 5.84 Å². The van der Waals surface area contributed by atoms with Crippen LogP contribution in [0.25, 0.3) is 0 Å². The molecule has 0 aromatic heterocycles. The van der Waals surface area contributed by atoms with E-state index in [0.29, 0.717) is 6.67 Å². The van der Waals surface area contributed by atoms with Crippen LogP contribution in [0.5, 0.6) is 0 Å². The fourth-order valence-electron chi connectivity index (χ4n) is 1.69. The lowest BCUT2D eigenvalue weighted by molar-refractivity contribution is 0.301. The van der Waals surface area contributed by atoms with E-state index in [0.717, 1.165) is 6.54 Å². The summed E-state index contributed by atoms with van der Waals surface area (Å²) in [4.78, 5) is 2.15. The summed E-state index contributed by atoms with van der Waals surface area (Å²) >= 11 is 0. The summed E-state index contributed by atoms with van der Waals surface area (Å²) in [6.07, 6.45) is 0. The van der Waals surface area contributed by atoms with Crippen LogP contribution in [0, 0.1) is 20.8 Å². The first-order valence-corrected chi connectivity index (χ1v) is 5.23. The molecule has 84 valence electrons. The lowest BCUT2D eigenvalue weighted by Gasteiger charge is -2.18. The molecule has 1 aromatic carbocycles. The van der Waals surface area contributed by atoms with Crippen molar-refractivity contribution in [3.05, 3.63) is 34.4 Å². The zero-order valence-corrected chi connectivity index (χ0v) is 10.1. The number of nitrogens with one attached hydrogen (secondary N) is 1. The van der Waals surface area contributed by atoms with Crippen LogP contribution in [0.2, 0.25) is 0 Å². The highest BCUT2D eigenvalue weighted by Crippen LogP contribution is 2.16. The fourth-order valence-corrected chi connectivity index (χ4v) is 1.69. The van der Waals surface area contributed by atoms with Crippen molar-refractivity contribution in [3.63, 3.8) is 0 Å². The zero-order chi connectivity index (χ0) is 11.4. The van der Waals surface area contributed by atoms with E-state index >= 15 is 0 Å². The first-order valence-electron chi connectivity index (χ1n) is 5.23. The maximum atomic E-state index is 5.28. The van der Waals surface area contributed by atoms with Crippen molar-refractivity contribution in [2.75, 3.05) is 13.7 Å². The standard InChI is InChI=1S/C12H21N3/c1-9-5-11(3)12(6-10(9)2)7-15(4)8-14-13/h5-6,14H,7-8,13H2,1-4H3. The zero-order valence-electron chi connectivity index (χ0n) is 10.1. The van der Waals surface area contributed by atoms with Gasteiger partial charge in [0, 0.05) is 6.54 Å². The predicted octanol–water partition coefficient (Wildman–Crippen LogP) is 1.46. The molecule has 0 aliphatic rings. The number of hydrazine groups is 1. The first kappa shape index (κ1) is 12.2. The van der Waals surface area contributed by atoms with Gasteiger partial charge in [-0.2, -0.15) is 0 Å². The minimum absolute atomic E-state index is 0.701. The second kappa shape index (κ2) is 5.26. The van der Waals surface area contributed by atoms with E-state index in [1.165, 1.54) is 22.3 Å². The van der Waals surface area contributed by atoms with Gasteiger partial charge in [0.2, 0.25) is 0 Å². The highest BCUT2D eigenvalue weighted by Gasteiger charge is 2.04. The van der Waals surface area contributed by atoms with Gasteiger partial charge in [-0.3, -0.25) is 10.7 Å². The van der Waals surface area contributed by atoms with Gasteiger partial charge in [-0.05, 0) is 50.1 Å². The summed E-state index contributed by atoms with van der Waals surface area (Å²) in [7, 11) is 2.05. The third kappa shape index (κ3) is 3.30. The smallest absolute Gasteiger partial charge is 0.0612 e. The van der Waals surface area contributed by atoms with E-state index in [1.54, 1.807) is 0 Å². The highest BCUT2D eigenvalue weighted by atomic mass is 15.3. The monoisotopic (exact) mass is 207 g/mol. The van der Waals surface area contributed by atoms with Gasteiger partial charge in [0.15, 0.2) is 0 Å². The van der Waals surface area contributed by atoms with Crippen LogP contribution in [-0.2, 0) is 6.54 Å². The van der Waals surface area contributed by atoms with Gasteiger partial charge in [0.25, 0.3) is 0 Å². The van der Waals surface area contributed by atoms with E-state index in [9.17, 15) is 0 Å². The van der Waals surface area contributed by atoms with Gasteiger partial charge in [-0.25, -0.2) is 5.43 Å². The molecule has 0 heterocycles. The van der Waals surface area contributed by atoms with Crippen molar-refractivity contribution in [1.82, 2.24) is 10.3 Å². The molecule has 3 nitrogen and oxygen atoms in total. The number of hydrogen-bond donors (Lipinski definition) is 2. The minimum Gasteiger partial charge on any atom is -0.288 e. The highest BCUT2D eigenvalue weighted by molar-refractivity contribution is 5.36. The molecule has 0 saturated carbocycles. The van der Waals surface area contributed by atoms with E-state index in [-0.39, 0.29) is 0 Å². The summed E-state index contributed by atoms with van der Waals surface area (Å²) in [6.45, 7) is 8.09. The SMILES string of the molecule is Cc1cc(C)c(CN(C)CNN)cc1C. The van der Waals surface area contributed by atoms with Crippen LogP contribution in [0.4, 0.5) is 0 Å². The largest absolute Gasteiger partial charge is 0.288 e. The summed E-state index contributed by atoms with van der Waals surface area (Å²) in [6, 6.07) is 4.51. The Hall–Kier alpha value is -0.900. The van der Waals surface area contributed by atoms with Gasteiger partial charge in [-0.15, -0.1) is 0 Å². The molecule has 0 saturated heterocycles. The minimum atomic E-state index is 0.701. The van der Waals surface area contributed by atoms with Crippen molar-refractivity contribution >= 4 is 0 Å². The fraction of sp³-hybridized carbons (Fsp3) is 0.500. The molecule has 15 heavy (non-hydrogen) atoms. The average molecular weight is 207 g/mol. The maximum absolute atomic E-state index is 5.28. The quantitative estimate of drug-likeness (QED) is 0.446. The van der Waals surface area contributed by atoms with Crippen LogP contribution in [0.3, 0.4) is 0 Å². The number of nitrogens with zero attached hydrogens (tertiary/aromatic N) is 1. The maximum Gasteiger partial charge on any atom is 0.0612 e. The molecule has 0 aliphatic carbocycles. The molecule has 0 radical (unpaired) electrons. The summed E-state index contributed by atoms with van der Waals surface area (Å²) in [5, 5.41) is 0. The Morgan fingerprint density at radius 1 is 1.13 bits per heavy atom. The molecule has 0 fully saturated rings. The summed E-state index contributed by atoms with van der Waals surface area (Å²) < 4.78 is 0. The van der Waals surface area contributed by atoms with Gasteiger partial charge < -0.3 is 0 Å². The Balaban J connectivity index is 2.81. The number of hydrogen-bond acceptors (Lipinski definition) is 3. The molecule has 1 aromatic rings. The molecule has 3 heteroatoms. The third-order valence-electron chi connectivity index (χ3n) is 2.75. The van der Waals surface area contributed by atoms with Crippen LogP contribution < -0.4 is 11.3 Å². The molecule has 0 unspecified atom stereocenters.